The first-order chi connectivity index (χ1) is 11.6. The molecular weight excluding hydrogens is 464 g/mol. The van der Waals surface area contributed by atoms with Gasteiger partial charge in [-0.3, -0.25) is 0 Å². The minimum atomic E-state index is 0. The van der Waals surface area contributed by atoms with Crippen LogP contribution in [0.15, 0.2) is 24.3 Å². The predicted octanol–water partition coefficient (Wildman–Crippen LogP) is 3.48. The second-order valence-corrected chi connectivity index (χ2v) is 8.52. The highest BCUT2D eigenvalue weighted by molar-refractivity contribution is 14.1. The van der Waals surface area contributed by atoms with Crippen molar-refractivity contribution in [1.82, 2.24) is 0 Å². The lowest BCUT2D eigenvalue weighted by atomic mass is 10.1. The molecule has 0 aromatic heterocycles. The van der Waals surface area contributed by atoms with E-state index in [4.69, 9.17) is 18.0 Å². The van der Waals surface area contributed by atoms with Crippen LogP contribution < -0.4 is 12.4 Å². The maximum absolute atomic E-state index is 6.40. The molecule has 0 N–H and O–H groups in total. The molecule has 1 aromatic carbocycles. The minimum absolute atomic E-state index is 0. The second kappa shape index (κ2) is 14.2. The Morgan fingerprint density at radius 2 is 1.64 bits per heavy atom. The molecule has 25 heavy (non-hydrogen) atoms. The highest BCUT2D eigenvalue weighted by Gasteiger charge is 2.34. The summed E-state index contributed by atoms with van der Waals surface area (Å²) in [5.41, 5.74) is 1.24. The summed E-state index contributed by atoms with van der Waals surface area (Å²) >= 11 is 9.02. The molecule has 0 amide bonds. The largest absolute Gasteiger partial charge is 1.00 e. The Balaban J connectivity index is 0.00000576. The zero-order chi connectivity index (χ0) is 17.8. The van der Waals surface area contributed by atoms with Crippen molar-refractivity contribution >= 4 is 34.2 Å². The zero-order valence-electron chi connectivity index (χ0n) is 15.6. The monoisotopic (exact) mass is 495 g/mol. The Bertz CT molecular complexity index is 503. The summed E-state index contributed by atoms with van der Waals surface area (Å²) in [4.78, 5) is 0. The van der Waals surface area contributed by atoms with Gasteiger partial charge in [0, 0.05) is 11.4 Å². The van der Waals surface area contributed by atoms with Gasteiger partial charge in [0.2, 0.25) is 0 Å². The lowest BCUT2D eigenvalue weighted by Crippen LogP contribution is -3.00. The van der Waals surface area contributed by atoms with Crippen LogP contribution in [0.25, 0.3) is 0 Å². The van der Waals surface area contributed by atoms with Crippen molar-refractivity contribution in [3.8, 4) is 12.3 Å². The van der Waals surface area contributed by atoms with E-state index in [0.29, 0.717) is 4.05 Å². The second-order valence-electron chi connectivity index (χ2n) is 6.67. The molecule has 1 aromatic rings. The van der Waals surface area contributed by atoms with Crippen LogP contribution in [0.3, 0.4) is 0 Å². The molecule has 1 nitrogen and oxygen atoms in total. The predicted molar refractivity (Wildman–Crippen MR) is 116 cm³/mol. The molecular formula is C21H32Cl2IN. The smallest absolute Gasteiger partial charge is 0.144 e. The van der Waals surface area contributed by atoms with E-state index in [0.717, 1.165) is 22.5 Å². The van der Waals surface area contributed by atoms with Gasteiger partial charge >= 0.3 is 0 Å². The third-order valence-corrected chi connectivity index (χ3v) is 6.75. The van der Waals surface area contributed by atoms with Crippen LogP contribution in [0, 0.1) is 12.3 Å². The van der Waals surface area contributed by atoms with Crippen molar-refractivity contribution in [2.75, 3.05) is 19.6 Å². The molecule has 1 unspecified atom stereocenters. The number of unbranched alkanes of at least 4 members (excludes halogenated alkanes) is 4. The van der Waals surface area contributed by atoms with Gasteiger partial charge in [0.25, 0.3) is 0 Å². The van der Waals surface area contributed by atoms with Crippen LogP contribution >= 0.6 is 34.2 Å². The van der Waals surface area contributed by atoms with Crippen molar-refractivity contribution in [2.24, 2.45) is 0 Å². The van der Waals surface area contributed by atoms with E-state index in [1.807, 2.05) is 12.1 Å². The standard InChI is InChI=1S/C21H32ClIN.ClH/c1-4-7-11-16-24(15-6-3,17-12-8-5-2)21(23)18-19-13-9-10-14-20(19)22;/h3,9-10,13-14,21H,4-5,7-8,11-12,15-18H2,1-2H3;1H/q+1;/p-1. The molecule has 0 saturated carbocycles. The molecule has 0 aliphatic carbocycles. The third kappa shape index (κ3) is 8.52. The lowest BCUT2D eigenvalue weighted by Gasteiger charge is -2.42. The van der Waals surface area contributed by atoms with Gasteiger partial charge in [-0.15, -0.1) is 6.42 Å². The molecule has 0 fully saturated rings. The van der Waals surface area contributed by atoms with E-state index in [9.17, 15) is 0 Å². The van der Waals surface area contributed by atoms with E-state index in [2.05, 4.69) is 54.5 Å². The van der Waals surface area contributed by atoms with E-state index in [1.165, 1.54) is 57.2 Å². The molecule has 0 aliphatic rings. The summed E-state index contributed by atoms with van der Waals surface area (Å²) in [5, 5.41) is 0.875. The molecule has 0 aliphatic heterocycles. The Labute approximate surface area is 180 Å². The molecule has 0 radical (unpaired) electrons. The summed E-state index contributed by atoms with van der Waals surface area (Å²) < 4.78 is 1.50. The fraction of sp³-hybridized carbons (Fsp3) is 0.619. The van der Waals surface area contributed by atoms with Crippen LogP contribution in [-0.2, 0) is 6.42 Å². The maximum Gasteiger partial charge on any atom is 0.144 e. The molecule has 1 rings (SSSR count). The van der Waals surface area contributed by atoms with Gasteiger partial charge in [-0.25, -0.2) is 0 Å². The number of hydrogen-bond acceptors (Lipinski definition) is 0. The maximum atomic E-state index is 6.40. The van der Waals surface area contributed by atoms with Crippen molar-refractivity contribution in [3.63, 3.8) is 0 Å². The summed E-state index contributed by atoms with van der Waals surface area (Å²) in [6, 6.07) is 8.22. The molecule has 0 heterocycles. The average Bonchev–Trinajstić information content (AvgIpc) is 2.57. The van der Waals surface area contributed by atoms with Crippen molar-refractivity contribution in [2.45, 2.75) is 62.8 Å². The summed E-state index contributed by atoms with van der Waals surface area (Å²) in [6.45, 7) is 7.71. The third-order valence-electron chi connectivity index (χ3n) is 4.76. The fourth-order valence-corrected chi connectivity index (χ4v) is 4.66. The quantitative estimate of drug-likeness (QED) is 0.104. The number of alkyl halides is 1. The van der Waals surface area contributed by atoms with Crippen molar-refractivity contribution in [3.05, 3.63) is 34.9 Å². The first-order valence-electron chi connectivity index (χ1n) is 9.26. The number of benzene rings is 1. The zero-order valence-corrected chi connectivity index (χ0v) is 19.3. The fourth-order valence-electron chi connectivity index (χ4n) is 3.22. The Kier molecular flexibility index (Phi) is 14.2. The number of hydrogen-bond donors (Lipinski definition) is 0. The van der Waals surface area contributed by atoms with Gasteiger partial charge < -0.3 is 16.9 Å². The van der Waals surface area contributed by atoms with Crippen LogP contribution in [0.1, 0.15) is 57.9 Å². The van der Waals surface area contributed by atoms with Crippen LogP contribution in [-0.4, -0.2) is 28.2 Å². The van der Waals surface area contributed by atoms with Crippen molar-refractivity contribution < 1.29 is 16.9 Å². The Morgan fingerprint density at radius 3 is 2.12 bits per heavy atom. The van der Waals surface area contributed by atoms with E-state index >= 15 is 0 Å². The number of quaternary nitrogens is 1. The minimum Gasteiger partial charge on any atom is -1.00 e. The van der Waals surface area contributed by atoms with E-state index < -0.39 is 0 Å². The van der Waals surface area contributed by atoms with Crippen molar-refractivity contribution in [1.29, 1.82) is 0 Å². The molecule has 0 spiro atoms. The highest BCUT2D eigenvalue weighted by atomic mass is 127. The van der Waals surface area contributed by atoms with Crippen LogP contribution in [0.5, 0.6) is 0 Å². The number of nitrogens with zero attached hydrogens (tertiary/aromatic N) is 1. The summed E-state index contributed by atoms with van der Waals surface area (Å²) in [5.74, 6) is 2.98. The molecule has 142 valence electrons. The molecule has 4 heteroatoms. The topological polar surface area (TPSA) is 0 Å². The first kappa shape index (κ1) is 25.1. The molecule has 0 saturated heterocycles. The molecule has 1 atom stereocenters. The lowest BCUT2D eigenvalue weighted by molar-refractivity contribution is -0.927. The molecule has 0 bridgehead atoms. The Hall–Kier alpha value is 0.0500. The number of halogens is 3. The Morgan fingerprint density at radius 1 is 1.08 bits per heavy atom. The van der Waals surface area contributed by atoms with Gasteiger partial charge in [-0.2, -0.15) is 0 Å². The van der Waals surface area contributed by atoms with Gasteiger partial charge in [0.1, 0.15) is 10.6 Å². The number of rotatable bonds is 12. The van der Waals surface area contributed by atoms with E-state index in [-0.39, 0.29) is 12.4 Å². The summed E-state index contributed by atoms with van der Waals surface area (Å²) in [7, 11) is 0. The van der Waals surface area contributed by atoms with Crippen LogP contribution in [0.4, 0.5) is 0 Å². The number of terminal acetylenes is 1. The normalized spacial score (nSPS) is 12.3. The van der Waals surface area contributed by atoms with Gasteiger partial charge in [0.05, 0.1) is 13.1 Å². The van der Waals surface area contributed by atoms with E-state index in [1.54, 1.807) is 0 Å². The summed E-state index contributed by atoms with van der Waals surface area (Å²) in [6.07, 6.45) is 14.4. The van der Waals surface area contributed by atoms with Gasteiger partial charge in [-0.05, 0) is 65.8 Å². The first-order valence-corrected chi connectivity index (χ1v) is 10.9. The SMILES string of the molecule is C#CC[N+](CCCCC)(CCCCC)C(I)Cc1ccccc1Cl.[Cl-]. The van der Waals surface area contributed by atoms with Gasteiger partial charge in [0.15, 0.2) is 0 Å². The van der Waals surface area contributed by atoms with Gasteiger partial charge in [-0.1, -0.05) is 56.5 Å². The average molecular weight is 496 g/mol. The van der Waals surface area contributed by atoms with Crippen LogP contribution in [0.2, 0.25) is 5.02 Å². The highest BCUT2D eigenvalue weighted by Crippen LogP contribution is 2.28.